The van der Waals surface area contributed by atoms with E-state index in [0.29, 0.717) is 21.2 Å². The maximum atomic E-state index is 5.76. The Bertz CT molecular complexity index is 51.7. The van der Waals surface area contributed by atoms with E-state index in [9.17, 15) is 0 Å². The molecule has 1 nitrogen and oxygen atoms in total. The fourth-order valence-electron chi connectivity index (χ4n) is 0.282. The fraction of sp³-hybridized carbons (Fsp3) is 1.00. The predicted octanol–water partition coefficient (Wildman–Crippen LogP) is -2.12. The molecule has 0 aromatic carbocycles. The molecule has 0 saturated heterocycles. The Labute approximate surface area is 66.4 Å². The molecule has 0 fully saturated rings. The fourth-order valence-corrected chi connectivity index (χ4v) is 2.45. The number of nitrogens with one attached hydrogen (secondary N) is 1. The normalized spacial score (nSPS) is 14.4. The van der Waals surface area contributed by atoms with Crippen molar-refractivity contribution in [3.63, 3.8) is 0 Å². The summed E-state index contributed by atoms with van der Waals surface area (Å²) in [6.45, 7) is 2.21. The Morgan fingerprint density at radius 2 is 2.38 bits per heavy atom. The SMILES string of the molecule is CC[I-]CC(Cl)NC. The molecule has 1 N–H and O–H groups in total. The second kappa shape index (κ2) is 6.11. The van der Waals surface area contributed by atoms with E-state index in [1.165, 1.54) is 8.86 Å². The van der Waals surface area contributed by atoms with Crippen LogP contribution in [0.4, 0.5) is 0 Å². The second-order valence-electron chi connectivity index (χ2n) is 1.37. The third-order valence-electron chi connectivity index (χ3n) is 0.747. The van der Waals surface area contributed by atoms with Crippen molar-refractivity contribution in [1.82, 2.24) is 5.32 Å². The molecular formula is C5H12ClIN-. The first kappa shape index (κ1) is 8.98. The summed E-state index contributed by atoms with van der Waals surface area (Å²) in [6, 6.07) is 0. The molecule has 0 aliphatic rings. The Morgan fingerprint density at radius 1 is 1.75 bits per heavy atom. The zero-order valence-corrected chi connectivity index (χ0v) is 8.16. The third kappa shape index (κ3) is 5.12. The zero-order valence-electron chi connectivity index (χ0n) is 5.25. The van der Waals surface area contributed by atoms with Crippen LogP contribution in [0, 0.1) is 0 Å². The molecule has 52 valence electrons. The van der Waals surface area contributed by atoms with E-state index in [1.807, 2.05) is 7.05 Å². The van der Waals surface area contributed by atoms with E-state index < -0.39 is 0 Å². The summed E-state index contributed by atoms with van der Waals surface area (Å²) in [7, 11) is 1.90. The zero-order chi connectivity index (χ0) is 6.41. The Hall–Kier alpha value is 0.980. The van der Waals surface area contributed by atoms with Crippen molar-refractivity contribution in [3.8, 4) is 0 Å². The van der Waals surface area contributed by atoms with E-state index in [1.54, 1.807) is 0 Å². The number of hydrogen-bond donors (Lipinski definition) is 1. The van der Waals surface area contributed by atoms with Crippen molar-refractivity contribution in [2.45, 2.75) is 12.4 Å². The maximum absolute atomic E-state index is 5.76. The third-order valence-corrected chi connectivity index (χ3v) is 4.22. The van der Waals surface area contributed by atoms with Gasteiger partial charge in [0, 0.05) is 0 Å². The summed E-state index contributed by atoms with van der Waals surface area (Å²) < 4.78 is 2.53. The van der Waals surface area contributed by atoms with Crippen molar-refractivity contribution >= 4 is 11.6 Å². The van der Waals surface area contributed by atoms with Crippen molar-refractivity contribution in [1.29, 1.82) is 0 Å². The van der Waals surface area contributed by atoms with Crippen molar-refractivity contribution < 1.29 is 21.2 Å². The molecule has 8 heavy (non-hydrogen) atoms. The summed E-state index contributed by atoms with van der Waals surface area (Å²) >= 11 is 6.15. The second-order valence-corrected chi connectivity index (χ2v) is 5.38. The van der Waals surface area contributed by atoms with Crippen molar-refractivity contribution in [3.05, 3.63) is 0 Å². The summed E-state index contributed by atoms with van der Waals surface area (Å²) in [5.41, 5.74) is 0.225. The van der Waals surface area contributed by atoms with Crippen LogP contribution in [0.5, 0.6) is 0 Å². The van der Waals surface area contributed by atoms with Crippen molar-refractivity contribution in [2.75, 3.05) is 15.9 Å². The first-order chi connectivity index (χ1) is 3.81. The van der Waals surface area contributed by atoms with Gasteiger partial charge in [0.2, 0.25) is 0 Å². The average Bonchev–Trinajstić information content (AvgIpc) is 1.83. The van der Waals surface area contributed by atoms with E-state index in [2.05, 4.69) is 12.2 Å². The summed E-state index contributed by atoms with van der Waals surface area (Å²) in [4.78, 5) is 0. The topological polar surface area (TPSA) is 12.0 Å². The molecular weight excluding hydrogens is 236 g/mol. The van der Waals surface area contributed by atoms with Crippen LogP contribution >= 0.6 is 11.6 Å². The standard InChI is InChI=1S/C5H12ClIN/c1-3-7-4-5(6)8-2/h5,8H,3-4H2,1-2H3/q-1. The van der Waals surface area contributed by atoms with Gasteiger partial charge in [-0.2, -0.15) is 0 Å². The predicted molar refractivity (Wildman–Crippen MR) is 34.1 cm³/mol. The van der Waals surface area contributed by atoms with Crippen LogP contribution in [-0.2, 0) is 0 Å². The quantitative estimate of drug-likeness (QED) is 0.341. The Balaban J connectivity index is 2.86. The van der Waals surface area contributed by atoms with Gasteiger partial charge in [-0.1, -0.05) is 0 Å². The molecule has 0 bridgehead atoms. The van der Waals surface area contributed by atoms with Crippen LogP contribution < -0.4 is 26.5 Å². The minimum absolute atomic E-state index is 0.225. The van der Waals surface area contributed by atoms with Crippen LogP contribution in [0.25, 0.3) is 0 Å². The molecule has 0 spiro atoms. The average molecular weight is 249 g/mol. The first-order valence-electron chi connectivity index (χ1n) is 2.66. The van der Waals surface area contributed by atoms with Crippen molar-refractivity contribution in [2.24, 2.45) is 0 Å². The summed E-state index contributed by atoms with van der Waals surface area (Å²) in [5.74, 6) is 0. The Morgan fingerprint density at radius 3 is 2.75 bits per heavy atom. The van der Waals surface area contributed by atoms with Gasteiger partial charge < -0.3 is 0 Å². The molecule has 0 aromatic heterocycles. The van der Waals surface area contributed by atoms with Gasteiger partial charge in [0.05, 0.1) is 0 Å². The van der Waals surface area contributed by atoms with E-state index >= 15 is 0 Å². The van der Waals surface area contributed by atoms with Crippen LogP contribution in [0.2, 0.25) is 0 Å². The van der Waals surface area contributed by atoms with Crippen LogP contribution in [0.15, 0.2) is 0 Å². The van der Waals surface area contributed by atoms with E-state index in [0.717, 1.165) is 0 Å². The number of alkyl halides is 3. The molecule has 0 heterocycles. The van der Waals surface area contributed by atoms with Gasteiger partial charge in [-0.25, -0.2) is 0 Å². The van der Waals surface area contributed by atoms with Gasteiger partial charge in [-0.15, -0.1) is 0 Å². The van der Waals surface area contributed by atoms with Crippen LogP contribution in [-0.4, -0.2) is 21.4 Å². The molecule has 0 aromatic rings. The molecule has 0 saturated carbocycles. The van der Waals surface area contributed by atoms with Gasteiger partial charge in [-0.05, 0) is 0 Å². The molecule has 0 aliphatic carbocycles. The molecule has 1 atom stereocenters. The Kier molecular flexibility index (Phi) is 6.85. The molecule has 0 radical (unpaired) electrons. The number of rotatable bonds is 4. The number of halogens is 2. The van der Waals surface area contributed by atoms with Crippen LogP contribution in [0.1, 0.15) is 6.92 Å². The molecule has 0 rings (SSSR count). The van der Waals surface area contributed by atoms with Gasteiger partial charge in [0.1, 0.15) is 0 Å². The van der Waals surface area contributed by atoms with Gasteiger partial charge in [0.25, 0.3) is 0 Å². The monoisotopic (exact) mass is 248 g/mol. The van der Waals surface area contributed by atoms with Crippen LogP contribution in [0.3, 0.4) is 0 Å². The van der Waals surface area contributed by atoms with E-state index in [4.69, 9.17) is 11.6 Å². The van der Waals surface area contributed by atoms with Gasteiger partial charge in [0.15, 0.2) is 0 Å². The van der Waals surface area contributed by atoms with Gasteiger partial charge >= 0.3 is 66.5 Å². The molecule has 0 amide bonds. The van der Waals surface area contributed by atoms with E-state index in [-0.39, 0.29) is 5.50 Å². The summed E-state index contributed by atoms with van der Waals surface area (Å²) in [6.07, 6.45) is 0. The molecule has 1 unspecified atom stereocenters. The first-order valence-corrected chi connectivity index (χ1v) is 6.14. The van der Waals surface area contributed by atoms with Gasteiger partial charge in [-0.3, -0.25) is 0 Å². The molecule has 0 aliphatic heterocycles. The molecule has 3 heteroatoms. The number of hydrogen-bond acceptors (Lipinski definition) is 1. The summed E-state index contributed by atoms with van der Waals surface area (Å²) in [5, 5.41) is 2.99. The minimum atomic E-state index is 0.225.